The van der Waals surface area contributed by atoms with E-state index in [-0.39, 0.29) is 0 Å². The maximum atomic E-state index is 4.66. The Kier molecular flexibility index (Phi) is 5.86. The standard InChI is InChI=1S/C18H33N3/c1-6-8-16-9-11-17(12-10-16)19-13(3)18-14(4)20-21(7-2)15(18)5/h13,16-17,19H,6-12H2,1-5H3. The molecule has 0 saturated heterocycles. The van der Waals surface area contributed by atoms with Crippen LogP contribution in [0.4, 0.5) is 0 Å². The van der Waals surface area contributed by atoms with E-state index < -0.39 is 0 Å². The summed E-state index contributed by atoms with van der Waals surface area (Å²) < 4.78 is 2.13. The Morgan fingerprint density at radius 3 is 2.38 bits per heavy atom. The van der Waals surface area contributed by atoms with E-state index in [1.165, 1.54) is 55.5 Å². The number of nitrogens with zero attached hydrogens (tertiary/aromatic N) is 2. The number of aromatic nitrogens is 2. The van der Waals surface area contributed by atoms with E-state index in [0.717, 1.165) is 12.5 Å². The van der Waals surface area contributed by atoms with Gasteiger partial charge in [0.15, 0.2) is 0 Å². The minimum Gasteiger partial charge on any atom is -0.307 e. The smallest absolute Gasteiger partial charge is 0.0644 e. The first-order valence-electron chi connectivity index (χ1n) is 8.86. The topological polar surface area (TPSA) is 29.9 Å². The van der Waals surface area contributed by atoms with Crippen LogP contribution in [0.25, 0.3) is 0 Å². The van der Waals surface area contributed by atoms with Crippen molar-refractivity contribution >= 4 is 0 Å². The van der Waals surface area contributed by atoms with E-state index >= 15 is 0 Å². The van der Waals surface area contributed by atoms with Crippen LogP contribution >= 0.6 is 0 Å². The third-order valence-electron chi connectivity index (χ3n) is 5.20. The molecule has 1 N–H and O–H groups in total. The van der Waals surface area contributed by atoms with E-state index in [4.69, 9.17) is 0 Å². The van der Waals surface area contributed by atoms with Crippen molar-refractivity contribution in [1.82, 2.24) is 15.1 Å². The van der Waals surface area contributed by atoms with Gasteiger partial charge >= 0.3 is 0 Å². The number of hydrogen-bond acceptors (Lipinski definition) is 2. The summed E-state index contributed by atoms with van der Waals surface area (Å²) in [5.74, 6) is 0.981. The Bertz CT molecular complexity index is 442. The summed E-state index contributed by atoms with van der Waals surface area (Å²) in [6.45, 7) is 12.1. The van der Waals surface area contributed by atoms with E-state index in [1.807, 2.05) is 0 Å². The minimum atomic E-state index is 0.415. The first-order chi connectivity index (χ1) is 10.1. The van der Waals surface area contributed by atoms with Crippen molar-refractivity contribution in [2.24, 2.45) is 5.92 Å². The largest absolute Gasteiger partial charge is 0.307 e. The first-order valence-corrected chi connectivity index (χ1v) is 8.86. The monoisotopic (exact) mass is 291 g/mol. The molecule has 2 rings (SSSR count). The fourth-order valence-corrected chi connectivity index (χ4v) is 4.11. The third kappa shape index (κ3) is 3.88. The maximum Gasteiger partial charge on any atom is 0.0644 e. The number of hydrogen-bond donors (Lipinski definition) is 1. The number of aryl methyl sites for hydroxylation is 2. The molecule has 1 aromatic rings. The van der Waals surface area contributed by atoms with Crippen molar-refractivity contribution < 1.29 is 0 Å². The highest BCUT2D eigenvalue weighted by molar-refractivity contribution is 5.27. The zero-order valence-electron chi connectivity index (χ0n) is 14.6. The van der Waals surface area contributed by atoms with Gasteiger partial charge in [0.1, 0.15) is 0 Å². The molecule has 1 aliphatic carbocycles. The summed E-state index contributed by atoms with van der Waals surface area (Å²) in [5, 5.41) is 8.52. The zero-order chi connectivity index (χ0) is 15.4. The Labute approximate surface area is 130 Å². The minimum absolute atomic E-state index is 0.415. The summed E-state index contributed by atoms with van der Waals surface area (Å²) in [5.41, 5.74) is 3.93. The van der Waals surface area contributed by atoms with Crippen LogP contribution in [0, 0.1) is 19.8 Å². The molecule has 21 heavy (non-hydrogen) atoms. The summed E-state index contributed by atoms with van der Waals surface area (Å²) in [4.78, 5) is 0. The molecule has 1 heterocycles. The first kappa shape index (κ1) is 16.5. The van der Waals surface area contributed by atoms with Crippen molar-refractivity contribution in [3.8, 4) is 0 Å². The summed E-state index contributed by atoms with van der Waals surface area (Å²) in [7, 11) is 0. The van der Waals surface area contributed by atoms with Gasteiger partial charge in [0.25, 0.3) is 0 Å². The molecule has 0 aromatic carbocycles. The molecule has 1 unspecified atom stereocenters. The lowest BCUT2D eigenvalue weighted by atomic mass is 9.83. The SMILES string of the molecule is CCCC1CCC(NC(C)c2c(C)nn(CC)c2C)CC1. The predicted octanol–water partition coefficient (Wildman–Crippen LogP) is 4.53. The van der Waals surface area contributed by atoms with Gasteiger partial charge in [-0.05, 0) is 59.3 Å². The molecule has 3 heteroatoms. The fourth-order valence-electron chi connectivity index (χ4n) is 4.11. The van der Waals surface area contributed by atoms with Gasteiger partial charge in [0, 0.05) is 29.9 Å². The maximum absolute atomic E-state index is 4.66. The van der Waals surface area contributed by atoms with Crippen molar-refractivity contribution in [2.75, 3.05) is 0 Å². The Morgan fingerprint density at radius 1 is 1.19 bits per heavy atom. The lowest BCUT2D eigenvalue weighted by Crippen LogP contribution is -2.35. The van der Waals surface area contributed by atoms with Crippen LogP contribution in [-0.2, 0) is 6.54 Å². The second kappa shape index (κ2) is 7.44. The zero-order valence-corrected chi connectivity index (χ0v) is 14.6. The molecule has 1 saturated carbocycles. The van der Waals surface area contributed by atoms with E-state index in [0.29, 0.717) is 12.1 Å². The number of rotatable bonds is 6. The highest BCUT2D eigenvalue weighted by Crippen LogP contribution is 2.30. The van der Waals surface area contributed by atoms with Crippen molar-refractivity contribution in [1.29, 1.82) is 0 Å². The molecule has 0 amide bonds. The van der Waals surface area contributed by atoms with Crippen LogP contribution in [0.15, 0.2) is 0 Å². The summed E-state index contributed by atoms with van der Waals surface area (Å²) >= 11 is 0. The fraction of sp³-hybridized carbons (Fsp3) is 0.833. The molecule has 1 aliphatic rings. The Balaban J connectivity index is 1.93. The Morgan fingerprint density at radius 2 is 1.86 bits per heavy atom. The van der Waals surface area contributed by atoms with E-state index in [1.54, 1.807) is 0 Å². The average Bonchev–Trinajstić information content (AvgIpc) is 2.75. The van der Waals surface area contributed by atoms with Crippen LogP contribution in [0.3, 0.4) is 0 Å². The van der Waals surface area contributed by atoms with Gasteiger partial charge in [-0.2, -0.15) is 5.10 Å². The molecule has 120 valence electrons. The lowest BCUT2D eigenvalue weighted by molar-refractivity contribution is 0.266. The lowest BCUT2D eigenvalue weighted by Gasteiger charge is -2.31. The van der Waals surface area contributed by atoms with Crippen LogP contribution < -0.4 is 5.32 Å². The van der Waals surface area contributed by atoms with Crippen LogP contribution in [0.1, 0.15) is 82.3 Å². The van der Waals surface area contributed by atoms with Crippen LogP contribution in [-0.4, -0.2) is 15.8 Å². The Hall–Kier alpha value is -0.830. The van der Waals surface area contributed by atoms with Crippen molar-refractivity contribution in [3.05, 3.63) is 17.0 Å². The molecule has 1 aromatic heterocycles. The second-order valence-corrected chi connectivity index (χ2v) is 6.79. The van der Waals surface area contributed by atoms with Crippen molar-refractivity contribution in [2.45, 2.75) is 91.8 Å². The van der Waals surface area contributed by atoms with E-state index in [9.17, 15) is 0 Å². The average molecular weight is 291 g/mol. The van der Waals surface area contributed by atoms with Crippen LogP contribution in [0.2, 0.25) is 0 Å². The van der Waals surface area contributed by atoms with Gasteiger partial charge in [0.05, 0.1) is 5.69 Å². The molecular weight excluding hydrogens is 258 g/mol. The molecular formula is C18H33N3. The normalized spacial score (nSPS) is 24.2. The van der Waals surface area contributed by atoms with Gasteiger partial charge in [-0.25, -0.2) is 0 Å². The number of nitrogens with one attached hydrogen (secondary N) is 1. The molecule has 0 radical (unpaired) electrons. The predicted molar refractivity (Wildman–Crippen MR) is 89.6 cm³/mol. The second-order valence-electron chi connectivity index (χ2n) is 6.79. The molecule has 1 atom stereocenters. The third-order valence-corrected chi connectivity index (χ3v) is 5.20. The molecule has 0 spiro atoms. The van der Waals surface area contributed by atoms with Gasteiger partial charge < -0.3 is 5.32 Å². The van der Waals surface area contributed by atoms with Crippen LogP contribution in [0.5, 0.6) is 0 Å². The summed E-state index contributed by atoms with van der Waals surface area (Å²) in [6.07, 6.45) is 8.26. The van der Waals surface area contributed by atoms with Gasteiger partial charge in [-0.3, -0.25) is 4.68 Å². The molecule has 1 fully saturated rings. The van der Waals surface area contributed by atoms with E-state index in [2.05, 4.69) is 49.7 Å². The summed E-state index contributed by atoms with van der Waals surface area (Å²) in [6, 6.07) is 1.11. The molecule has 0 aliphatic heterocycles. The quantitative estimate of drug-likeness (QED) is 0.834. The van der Waals surface area contributed by atoms with Crippen molar-refractivity contribution in [3.63, 3.8) is 0 Å². The van der Waals surface area contributed by atoms with Gasteiger partial charge in [-0.1, -0.05) is 19.8 Å². The van der Waals surface area contributed by atoms with Gasteiger partial charge in [0.2, 0.25) is 0 Å². The molecule has 3 nitrogen and oxygen atoms in total. The molecule has 0 bridgehead atoms. The highest BCUT2D eigenvalue weighted by Gasteiger charge is 2.24. The highest BCUT2D eigenvalue weighted by atomic mass is 15.3. The van der Waals surface area contributed by atoms with Gasteiger partial charge in [-0.15, -0.1) is 0 Å².